The number of rotatable bonds is 8. The van der Waals surface area contributed by atoms with E-state index in [-0.39, 0.29) is 6.54 Å². The number of carbonyl (C=O) groups is 1. The molecule has 1 aliphatic rings. The van der Waals surface area contributed by atoms with Gasteiger partial charge in [0.05, 0.1) is 24.0 Å². The zero-order valence-corrected chi connectivity index (χ0v) is 19.4. The Morgan fingerprint density at radius 2 is 2.03 bits per heavy atom. The van der Waals surface area contributed by atoms with Gasteiger partial charge in [0.1, 0.15) is 24.8 Å². The molecule has 2 aromatic carbocycles. The second-order valence-corrected chi connectivity index (χ2v) is 8.46. The van der Waals surface area contributed by atoms with Crippen LogP contribution in [-0.4, -0.2) is 54.0 Å². The summed E-state index contributed by atoms with van der Waals surface area (Å²) in [5.41, 5.74) is 8.78. The van der Waals surface area contributed by atoms with Crippen LogP contribution in [0.1, 0.15) is 22.9 Å². The van der Waals surface area contributed by atoms with E-state index >= 15 is 0 Å². The maximum atomic E-state index is 11.4. The fraction of sp³-hybridized carbons (Fsp3) is 0.240. The van der Waals surface area contributed by atoms with Crippen LogP contribution in [0.5, 0.6) is 5.75 Å². The van der Waals surface area contributed by atoms with E-state index in [1.807, 2.05) is 30.3 Å². The van der Waals surface area contributed by atoms with Gasteiger partial charge in [0, 0.05) is 12.1 Å². The molecule has 12 nitrogen and oxygen atoms in total. The Hall–Kier alpha value is -4.57. The molecular weight excluding hydrogens is 478 g/mol. The van der Waals surface area contributed by atoms with Crippen LogP contribution in [0.25, 0.3) is 11.2 Å². The number of nitrogens with two attached hydrogens (primary N) is 1. The van der Waals surface area contributed by atoms with E-state index in [1.54, 1.807) is 18.2 Å². The molecule has 4 unspecified atom stereocenters. The van der Waals surface area contributed by atoms with Gasteiger partial charge in [-0.1, -0.05) is 30.3 Å². The van der Waals surface area contributed by atoms with E-state index in [0.717, 1.165) is 11.1 Å². The Morgan fingerprint density at radius 1 is 1.22 bits per heavy atom. The molecule has 0 saturated carbocycles. The van der Waals surface area contributed by atoms with Gasteiger partial charge in [-0.2, -0.15) is 5.26 Å². The average molecular weight is 502 g/mol. The molecule has 188 valence electrons. The number of nitrogens with one attached hydrogen (secondary N) is 1. The van der Waals surface area contributed by atoms with Crippen molar-refractivity contribution < 1.29 is 24.5 Å². The molecule has 3 heterocycles. The summed E-state index contributed by atoms with van der Waals surface area (Å²) >= 11 is 0. The maximum Gasteiger partial charge on any atom is 0.334 e. The standard InChI is InChI=1S/C25H23N7O5/c26-9-15-6-7-17(36-11-14-4-2-1-3-5-14)16(8-15)10-28-22-19-23(30-12-29-22)32(13-31-19)24-20(33)18(27)21(37-24)25(34)35/h1-8,12-13,18,20-21,24,33H,10-11,27H2,(H,34,35)(H,28,29,30). The first-order chi connectivity index (χ1) is 18.0. The van der Waals surface area contributed by atoms with Crippen LogP contribution in [0.4, 0.5) is 5.82 Å². The second-order valence-electron chi connectivity index (χ2n) is 8.46. The molecule has 37 heavy (non-hydrogen) atoms. The second kappa shape index (κ2) is 10.2. The Labute approximate surface area is 210 Å². The van der Waals surface area contributed by atoms with Crippen molar-refractivity contribution in [1.82, 2.24) is 19.5 Å². The minimum atomic E-state index is -1.36. The van der Waals surface area contributed by atoms with Crippen LogP contribution >= 0.6 is 0 Å². The van der Waals surface area contributed by atoms with Crippen molar-refractivity contribution in [3.63, 3.8) is 0 Å². The van der Waals surface area contributed by atoms with Crippen LogP contribution in [0.15, 0.2) is 61.2 Å². The first-order valence-electron chi connectivity index (χ1n) is 11.4. The molecule has 4 aromatic rings. The molecule has 1 saturated heterocycles. The number of benzene rings is 2. The average Bonchev–Trinajstić information content (AvgIpc) is 3.48. The van der Waals surface area contributed by atoms with Crippen LogP contribution in [0, 0.1) is 11.3 Å². The lowest BCUT2D eigenvalue weighted by Crippen LogP contribution is -2.43. The first kappa shape index (κ1) is 24.1. The number of imidazole rings is 1. The van der Waals surface area contributed by atoms with Crippen molar-refractivity contribution in [3.05, 3.63) is 77.9 Å². The summed E-state index contributed by atoms with van der Waals surface area (Å²) in [5, 5.41) is 32.4. The fourth-order valence-electron chi connectivity index (χ4n) is 4.15. The number of ether oxygens (including phenoxy) is 2. The number of anilines is 1. The van der Waals surface area contributed by atoms with Crippen LogP contribution in [-0.2, 0) is 22.7 Å². The molecule has 0 radical (unpaired) electrons. The largest absolute Gasteiger partial charge is 0.489 e. The number of hydrogen-bond acceptors (Lipinski definition) is 10. The van der Waals surface area contributed by atoms with Gasteiger partial charge >= 0.3 is 5.97 Å². The van der Waals surface area contributed by atoms with E-state index < -0.39 is 30.4 Å². The monoisotopic (exact) mass is 501 g/mol. The van der Waals surface area contributed by atoms with Gasteiger partial charge in [0.25, 0.3) is 0 Å². The predicted molar refractivity (Wildman–Crippen MR) is 130 cm³/mol. The molecule has 12 heteroatoms. The van der Waals surface area contributed by atoms with Gasteiger partial charge in [0.15, 0.2) is 29.3 Å². The third kappa shape index (κ3) is 4.78. The highest BCUT2D eigenvalue weighted by Gasteiger charge is 2.46. The highest BCUT2D eigenvalue weighted by Crippen LogP contribution is 2.32. The summed E-state index contributed by atoms with van der Waals surface area (Å²) in [5.74, 6) is -0.255. The predicted octanol–water partition coefficient (Wildman–Crippen LogP) is 1.56. The zero-order valence-electron chi connectivity index (χ0n) is 19.4. The van der Waals surface area contributed by atoms with Crippen molar-refractivity contribution in [2.24, 2.45) is 5.73 Å². The summed E-state index contributed by atoms with van der Waals surface area (Å²) in [4.78, 5) is 24.3. The minimum absolute atomic E-state index is 0.271. The van der Waals surface area contributed by atoms with Crippen molar-refractivity contribution in [3.8, 4) is 11.8 Å². The number of aliphatic hydroxyl groups excluding tert-OH is 1. The lowest BCUT2D eigenvalue weighted by molar-refractivity contribution is -0.152. The van der Waals surface area contributed by atoms with E-state index in [1.165, 1.54) is 17.2 Å². The third-order valence-corrected chi connectivity index (χ3v) is 6.07. The van der Waals surface area contributed by atoms with Crippen LogP contribution < -0.4 is 15.8 Å². The number of hydrogen-bond donors (Lipinski definition) is 4. The molecule has 1 fully saturated rings. The molecule has 5 rings (SSSR count). The minimum Gasteiger partial charge on any atom is -0.489 e. The number of carboxylic acid groups (broad SMARTS) is 1. The van der Waals surface area contributed by atoms with E-state index in [4.69, 9.17) is 15.2 Å². The van der Waals surface area contributed by atoms with Crippen LogP contribution in [0.3, 0.4) is 0 Å². The summed E-state index contributed by atoms with van der Waals surface area (Å²) in [6.45, 7) is 0.637. The SMILES string of the molecule is N#Cc1ccc(OCc2ccccc2)c(CNc2ncnc3c2ncn3C2OC(C(=O)O)C(N)C2O)c1. The molecule has 0 spiro atoms. The van der Waals surface area contributed by atoms with Crippen molar-refractivity contribution in [2.45, 2.75) is 37.6 Å². The number of fused-ring (bicyclic) bond motifs is 1. The first-order valence-corrected chi connectivity index (χ1v) is 11.4. The van der Waals surface area contributed by atoms with Gasteiger partial charge in [-0.15, -0.1) is 0 Å². The van der Waals surface area contributed by atoms with Gasteiger partial charge in [-0.05, 0) is 23.8 Å². The highest BCUT2D eigenvalue weighted by atomic mass is 16.6. The summed E-state index contributed by atoms with van der Waals surface area (Å²) in [6, 6.07) is 15.9. The Bertz CT molecular complexity index is 1470. The summed E-state index contributed by atoms with van der Waals surface area (Å²) < 4.78 is 12.9. The van der Waals surface area contributed by atoms with Crippen molar-refractivity contribution >= 4 is 23.0 Å². The highest BCUT2D eigenvalue weighted by molar-refractivity contribution is 5.83. The fourth-order valence-corrected chi connectivity index (χ4v) is 4.15. The lowest BCUT2D eigenvalue weighted by Gasteiger charge is -2.16. The Kier molecular flexibility index (Phi) is 6.65. The molecule has 5 N–H and O–H groups in total. The van der Waals surface area contributed by atoms with Gasteiger partial charge in [-0.25, -0.2) is 19.7 Å². The number of aliphatic carboxylic acids is 1. The van der Waals surface area contributed by atoms with Crippen LogP contribution in [0.2, 0.25) is 0 Å². The zero-order chi connectivity index (χ0) is 25.9. The Balaban J connectivity index is 1.38. The number of aliphatic hydroxyl groups is 1. The summed E-state index contributed by atoms with van der Waals surface area (Å²) in [6.07, 6.45) is -1.01. The van der Waals surface area contributed by atoms with Gasteiger partial charge in [0.2, 0.25) is 0 Å². The molecule has 2 aromatic heterocycles. The number of carboxylic acids is 1. The quantitative estimate of drug-likeness (QED) is 0.275. The van der Waals surface area contributed by atoms with Gasteiger partial charge < -0.3 is 30.7 Å². The van der Waals surface area contributed by atoms with E-state index in [2.05, 4.69) is 26.3 Å². The Morgan fingerprint density at radius 3 is 2.76 bits per heavy atom. The maximum absolute atomic E-state index is 11.4. The van der Waals surface area contributed by atoms with E-state index in [0.29, 0.717) is 34.9 Å². The topological polar surface area (TPSA) is 181 Å². The van der Waals surface area contributed by atoms with Crippen molar-refractivity contribution in [1.29, 1.82) is 5.26 Å². The molecule has 0 aliphatic carbocycles. The number of nitrogens with zero attached hydrogens (tertiary/aromatic N) is 5. The van der Waals surface area contributed by atoms with Gasteiger partial charge in [-0.3, -0.25) is 4.57 Å². The third-order valence-electron chi connectivity index (χ3n) is 6.07. The summed E-state index contributed by atoms with van der Waals surface area (Å²) in [7, 11) is 0. The molecule has 4 atom stereocenters. The molecule has 1 aliphatic heterocycles. The normalized spacial score (nSPS) is 21.0. The smallest absolute Gasteiger partial charge is 0.334 e. The van der Waals surface area contributed by atoms with E-state index in [9.17, 15) is 20.3 Å². The number of nitriles is 1. The molecule has 0 amide bonds. The lowest BCUT2D eigenvalue weighted by atomic mass is 10.1. The number of aromatic nitrogens is 4. The molecular formula is C25H23N7O5. The van der Waals surface area contributed by atoms with Crippen molar-refractivity contribution in [2.75, 3.05) is 5.32 Å². The molecule has 0 bridgehead atoms.